The van der Waals surface area contributed by atoms with Gasteiger partial charge in [0.15, 0.2) is 0 Å². The van der Waals surface area contributed by atoms with Gasteiger partial charge in [-0.25, -0.2) is 0 Å². The van der Waals surface area contributed by atoms with E-state index in [1.807, 2.05) is 37.8 Å². The van der Waals surface area contributed by atoms with Crippen molar-refractivity contribution in [3.63, 3.8) is 0 Å². The van der Waals surface area contributed by atoms with Crippen molar-refractivity contribution in [3.8, 4) is 6.07 Å². The summed E-state index contributed by atoms with van der Waals surface area (Å²) < 4.78 is 0. The number of halogens is 1. The Morgan fingerprint density at radius 1 is 1.18 bits per heavy atom. The molecule has 0 saturated carbocycles. The van der Waals surface area contributed by atoms with E-state index < -0.39 is 0 Å². The molecular formula is C17H22ClN3O. The number of carbonyl (C=O) groups excluding carboxylic acids is 1. The molecule has 1 heterocycles. The monoisotopic (exact) mass is 319 g/mol. The number of hydrogen-bond acceptors (Lipinski definition) is 3. The summed E-state index contributed by atoms with van der Waals surface area (Å²) >= 11 is 5.90. The van der Waals surface area contributed by atoms with Gasteiger partial charge in [-0.1, -0.05) is 44.5 Å². The Bertz CT molecular complexity index is 563. The Labute approximate surface area is 137 Å². The molecule has 1 unspecified atom stereocenters. The normalized spacial score (nSPS) is 17.9. The van der Waals surface area contributed by atoms with Crippen molar-refractivity contribution in [1.82, 2.24) is 9.80 Å². The number of carbonyl (C=O) groups is 1. The van der Waals surface area contributed by atoms with Crippen LogP contribution in [0.5, 0.6) is 0 Å². The third-order valence-electron chi connectivity index (χ3n) is 3.92. The van der Waals surface area contributed by atoms with E-state index in [0.29, 0.717) is 31.2 Å². The number of nitrogens with zero attached hydrogens (tertiary/aromatic N) is 3. The Balaban J connectivity index is 2.02. The van der Waals surface area contributed by atoms with Crippen LogP contribution in [0.25, 0.3) is 0 Å². The average molecular weight is 320 g/mol. The second-order valence-electron chi connectivity index (χ2n) is 6.66. The van der Waals surface area contributed by atoms with Gasteiger partial charge < -0.3 is 4.90 Å². The third-order valence-corrected chi connectivity index (χ3v) is 4.17. The molecule has 0 aromatic heterocycles. The second-order valence-corrected chi connectivity index (χ2v) is 7.10. The minimum atomic E-state index is -0.354. The predicted molar refractivity (Wildman–Crippen MR) is 87.4 cm³/mol. The van der Waals surface area contributed by atoms with E-state index in [9.17, 15) is 10.1 Å². The van der Waals surface area contributed by atoms with E-state index in [1.165, 1.54) is 0 Å². The van der Waals surface area contributed by atoms with Gasteiger partial charge in [0.2, 0.25) is 5.91 Å². The maximum Gasteiger partial charge on any atom is 0.228 e. The van der Waals surface area contributed by atoms with Crippen LogP contribution in [0.4, 0.5) is 0 Å². The lowest BCUT2D eigenvalue weighted by atomic mass is 9.94. The number of amides is 1. The lowest BCUT2D eigenvalue weighted by Gasteiger charge is -2.39. The van der Waals surface area contributed by atoms with E-state index in [2.05, 4.69) is 11.0 Å². The maximum atomic E-state index is 12.3. The van der Waals surface area contributed by atoms with E-state index in [0.717, 1.165) is 5.56 Å². The number of nitriles is 1. The van der Waals surface area contributed by atoms with Crippen molar-refractivity contribution < 1.29 is 4.79 Å². The summed E-state index contributed by atoms with van der Waals surface area (Å²) in [5.41, 5.74) is 0.593. The van der Waals surface area contributed by atoms with Crippen molar-refractivity contribution in [2.75, 3.05) is 26.2 Å². The molecule has 118 valence electrons. The lowest BCUT2D eigenvalue weighted by Crippen LogP contribution is -2.52. The highest BCUT2D eigenvalue weighted by Crippen LogP contribution is 2.25. The maximum absolute atomic E-state index is 12.3. The summed E-state index contributed by atoms with van der Waals surface area (Å²) in [6.45, 7) is 8.57. The second kappa shape index (κ2) is 6.68. The first-order valence-corrected chi connectivity index (χ1v) is 7.89. The zero-order chi connectivity index (χ0) is 16.3. The van der Waals surface area contributed by atoms with Crippen molar-refractivity contribution in [2.24, 2.45) is 5.41 Å². The van der Waals surface area contributed by atoms with Crippen LogP contribution in [-0.2, 0) is 4.79 Å². The molecule has 1 atom stereocenters. The standard InChI is InChI=1S/C17H22ClN3O/c1-17(2,3)16(22)21-10-8-20(9-11-21)15(12-19)13-4-6-14(18)7-5-13/h4-7,15H,8-11H2,1-3H3. The number of benzene rings is 1. The molecule has 1 saturated heterocycles. The summed E-state index contributed by atoms with van der Waals surface area (Å²) in [7, 11) is 0. The van der Waals surface area contributed by atoms with Gasteiger partial charge >= 0.3 is 0 Å². The highest BCUT2D eigenvalue weighted by molar-refractivity contribution is 6.30. The molecule has 1 amide bonds. The summed E-state index contributed by atoms with van der Waals surface area (Å²) in [4.78, 5) is 16.3. The van der Waals surface area contributed by atoms with Crippen LogP contribution < -0.4 is 0 Å². The molecule has 0 bridgehead atoms. The lowest BCUT2D eigenvalue weighted by molar-refractivity contribution is -0.141. The van der Waals surface area contributed by atoms with E-state index in [-0.39, 0.29) is 17.4 Å². The van der Waals surface area contributed by atoms with Crippen LogP contribution in [0.1, 0.15) is 32.4 Å². The van der Waals surface area contributed by atoms with Gasteiger partial charge in [-0.15, -0.1) is 0 Å². The summed E-state index contributed by atoms with van der Waals surface area (Å²) in [6.07, 6.45) is 0. The average Bonchev–Trinajstić information content (AvgIpc) is 2.49. The van der Waals surface area contributed by atoms with Crippen LogP contribution in [-0.4, -0.2) is 41.9 Å². The number of hydrogen-bond donors (Lipinski definition) is 0. The summed E-state index contributed by atoms with van der Waals surface area (Å²) in [6, 6.07) is 9.47. The van der Waals surface area contributed by atoms with Crippen LogP contribution in [0.15, 0.2) is 24.3 Å². The van der Waals surface area contributed by atoms with Crippen LogP contribution in [0.2, 0.25) is 5.02 Å². The fourth-order valence-electron chi connectivity index (χ4n) is 2.67. The largest absolute Gasteiger partial charge is 0.340 e. The predicted octanol–water partition coefficient (Wildman–Crippen LogP) is 3.09. The number of piperazine rings is 1. The van der Waals surface area contributed by atoms with Gasteiger partial charge in [0.25, 0.3) is 0 Å². The summed E-state index contributed by atoms with van der Waals surface area (Å²) in [5, 5.41) is 10.2. The molecule has 5 heteroatoms. The van der Waals surface area contributed by atoms with E-state index in [1.54, 1.807) is 12.1 Å². The molecule has 0 N–H and O–H groups in total. The van der Waals surface area contributed by atoms with Crippen molar-refractivity contribution in [3.05, 3.63) is 34.9 Å². The minimum absolute atomic E-state index is 0.173. The summed E-state index contributed by atoms with van der Waals surface area (Å²) in [5.74, 6) is 0.173. The topological polar surface area (TPSA) is 47.3 Å². The Morgan fingerprint density at radius 3 is 2.18 bits per heavy atom. The van der Waals surface area contributed by atoms with Gasteiger partial charge in [0.1, 0.15) is 6.04 Å². The fraction of sp³-hybridized carbons (Fsp3) is 0.529. The van der Waals surface area contributed by atoms with Gasteiger partial charge in [-0.2, -0.15) is 5.26 Å². The first kappa shape index (κ1) is 16.8. The van der Waals surface area contributed by atoms with E-state index in [4.69, 9.17) is 11.6 Å². The van der Waals surface area contributed by atoms with Gasteiger partial charge in [0.05, 0.1) is 6.07 Å². The molecule has 2 rings (SSSR count). The molecule has 1 aromatic rings. The van der Waals surface area contributed by atoms with Crippen LogP contribution in [0.3, 0.4) is 0 Å². The smallest absolute Gasteiger partial charge is 0.228 e. The molecule has 1 aliphatic heterocycles. The SMILES string of the molecule is CC(C)(C)C(=O)N1CCN(C(C#N)c2ccc(Cl)cc2)CC1. The Kier molecular flexibility index (Phi) is 5.10. The Hall–Kier alpha value is -1.57. The van der Waals surface area contributed by atoms with Crippen LogP contribution in [0, 0.1) is 16.7 Å². The van der Waals surface area contributed by atoms with Crippen molar-refractivity contribution in [2.45, 2.75) is 26.8 Å². The zero-order valence-electron chi connectivity index (χ0n) is 13.3. The van der Waals surface area contributed by atoms with E-state index >= 15 is 0 Å². The van der Waals surface area contributed by atoms with Crippen molar-refractivity contribution in [1.29, 1.82) is 5.26 Å². The molecule has 0 aliphatic carbocycles. The molecule has 22 heavy (non-hydrogen) atoms. The van der Waals surface area contributed by atoms with Crippen molar-refractivity contribution >= 4 is 17.5 Å². The first-order valence-electron chi connectivity index (χ1n) is 7.51. The molecule has 0 spiro atoms. The third kappa shape index (κ3) is 3.79. The fourth-order valence-corrected chi connectivity index (χ4v) is 2.80. The van der Waals surface area contributed by atoms with Gasteiger partial charge in [-0.05, 0) is 17.7 Å². The molecule has 1 aliphatic rings. The first-order chi connectivity index (χ1) is 10.3. The quantitative estimate of drug-likeness (QED) is 0.841. The molecule has 0 radical (unpaired) electrons. The minimum Gasteiger partial charge on any atom is -0.340 e. The molecule has 1 aromatic carbocycles. The highest BCUT2D eigenvalue weighted by atomic mass is 35.5. The highest BCUT2D eigenvalue weighted by Gasteiger charge is 2.31. The Morgan fingerprint density at radius 2 is 1.73 bits per heavy atom. The van der Waals surface area contributed by atoms with Gasteiger partial charge in [-0.3, -0.25) is 9.69 Å². The zero-order valence-corrected chi connectivity index (χ0v) is 14.1. The number of rotatable bonds is 2. The van der Waals surface area contributed by atoms with Crippen LogP contribution >= 0.6 is 11.6 Å². The molecule has 1 fully saturated rings. The molecular weight excluding hydrogens is 298 g/mol. The van der Waals surface area contributed by atoms with Gasteiger partial charge in [0, 0.05) is 36.6 Å². The molecule has 4 nitrogen and oxygen atoms in total.